The van der Waals surface area contributed by atoms with Crippen LogP contribution in [-0.4, -0.2) is 88.4 Å². The number of benzene rings is 2. The van der Waals surface area contributed by atoms with E-state index in [1.165, 1.54) is 32.2 Å². The van der Waals surface area contributed by atoms with Crippen LogP contribution in [0.25, 0.3) is 11.1 Å². The fourth-order valence-electron chi connectivity index (χ4n) is 7.23. The number of likely N-dealkylation sites (N-methyl/N-ethyl adjacent to an activating group) is 1. The first-order chi connectivity index (χ1) is 20.3. The Morgan fingerprint density at radius 2 is 1.84 bits per heavy atom. The Bertz CT molecular complexity index is 1580. The Morgan fingerprint density at radius 3 is 2.44 bits per heavy atom. The average Bonchev–Trinajstić information content (AvgIpc) is 2.94. The molecule has 1 amide bonds. The molecular weight excluding hydrogens is 560 g/mol. The van der Waals surface area contributed by atoms with Gasteiger partial charge in [0.2, 0.25) is 5.91 Å². The van der Waals surface area contributed by atoms with E-state index in [-0.39, 0.29) is 24.8 Å². The van der Waals surface area contributed by atoms with Gasteiger partial charge in [-0.3, -0.25) is 28.9 Å². The number of rotatable bonds is 7. The van der Waals surface area contributed by atoms with E-state index in [1.807, 2.05) is 0 Å². The van der Waals surface area contributed by atoms with Crippen LogP contribution in [0.4, 0.5) is 0 Å². The highest BCUT2D eigenvalue weighted by Gasteiger charge is 2.69. The van der Waals surface area contributed by atoms with E-state index in [2.05, 4.69) is 0 Å². The first-order valence-corrected chi connectivity index (χ1v) is 13.8. The largest absolute Gasteiger partial charge is 0.507 e. The number of nitrogens with zero attached hydrogens (tertiary/aromatic N) is 1. The molecule has 2 aromatic rings. The molecule has 226 valence electrons. The third-order valence-corrected chi connectivity index (χ3v) is 9.16. The summed E-state index contributed by atoms with van der Waals surface area (Å²) in [5, 5.41) is 33.0. The van der Waals surface area contributed by atoms with Gasteiger partial charge in [0.1, 0.15) is 17.8 Å². The summed E-state index contributed by atoms with van der Waals surface area (Å²) >= 11 is 0. The number of aliphatic hydroxyl groups is 2. The third kappa shape index (κ3) is 4.39. The lowest BCUT2D eigenvalue weighted by Gasteiger charge is -2.52. The molecule has 0 aromatic heterocycles. The molecule has 2 saturated carbocycles. The van der Waals surface area contributed by atoms with E-state index < -0.39 is 76.2 Å². The van der Waals surface area contributed by atoms with Gasteiger partial charge in [-0.05, 0) is 67.7 Å². The zero-order valence-electron chi connectivity index (χ0n) is 23.8. The second-order valence-electron chi connectivity index (χ2n) is 11.7. The van der Waals surface area contributed by atoms with Crippen LogP contribution in [0.3, 0.4) is 0 Å². The van der Waals surface area contributed by atoms with Crippen LogP contribution in [0, 0.1) is 23.7 Å². The summed E-state index contributed by atoms with van der Waals surface area (Å²) in [7, 11) is 4.47. The quantitative estimate of drug-likeness (QED) is 0.252. The SMILES string of the molecule is COc1ccc(C(O)CC=O)cc1-c1ccc(O)c2c1C[C@@H]1C[C@@H]3[C@@H](N(C)C)C(=O)C(C(N)=O)C(=O)[C@]3(O)C(=O)C1C2=O. The summed E-state index contributed by atoms with van der Waals surface area (Å²) in [6.45, 7) is 0. The van der Waals surface area contributed by atoms with Gasteiger partial charge in [-0.15, -0.1) is 0 Å². The molecule has 3 aliphatic rings. The number of ether oxygens (including phenoxy) is 1. The number of aliphatic hydroxyl groups excluding tert-OH is 1. The van der Waals surface area contributed by atoms with Gasteiger partial charge in [-0.2, -0.15) is 0 Å². The normalized spacial score (nSPS) is 29.0. The Labute approximate surface area is 246 Å². The number of aromatic hydroxyl groups is 1. The summed E-state index contributed by atoms with van der Waals surface area (Å²) in [4.78, 5) is 79.3. The van der Waals surface area contributed by atoms with Crippen LogP contribution in [-0.2, 0) is 30.4 Å². The maximum atomic E-state index is 14.0. The van der Waals surface area contributed by atoms with E-state index in [4.69, 9.17) is 10.5 Å². The fourth-order valence-corrected chi connectivity index (χ4v) is 7.23. The average molecular weight is 593 g/mol. The highest BCUT2D eigenvalue weighted by Crippen LogP contribution is 2.52. The second kappa shape index (κ2) is 10.8. The van der Waals surface area contributed by atoms with Crippen LogP contribution in [0.15, 0.2) is 30.3 Å². The number of nitrogens with two attached hydrogens (primary N) is 1. The molecule has 5 rings (SSSR count). The molecule has 7 atom stereocenters. The van der Waals surface area contributed by atoms with Crippen molar-refractivity contribution >= 4 is 35.3 Å². The molecule has 0 saturated heterocycles. The molecular formula is C31H32N2O10. The van der Waals surface area contributed by atoms with E-state index in [0.717, 1.165) is 0 Å². The summed E-state index contributed by atoms with van der Waals surface area (Å²) in [6.07, 6.45) is -0.684. The van der Waals surface area contributed by atoms with E-state index >= 15 is 0 Å². The summed E-state index contributed by atoms with van der Waals surface area (Å²) in [5.41, 5.74) is 4.12. The Balaban J connectivity index is 1.66. The van der Waals surface area contributed by atoms with Crippen molar-refractivity contribution in [1.82, 2.24) is 4.90 Å². The first kappa shape index (κ1) is 30.2. The zero-order chi connectivity index (χ0) is 31.5. The Hall–Kier alpha value is -4.26. The van der Waals surface area contributed by atoms with Gasteiger partial charge < -0.3 is 30.6 Å². The number of amides is 1. The van der Waals surface area contributed by atoms with E-state index in [1.54, 1.807) is 24.3 Å². The molecule has 0 bridgehead atoms. The number of hydrogen-bond donors (Lipinski definition) is 4. The van der Waals surface area contributed by atoms with Crippen LogP contribution in [0.5, 0.6) is 11.5 Å². The number of fused-ring (bicyclic) bond motifs is 3. The van der Waals surface area contributed by atoms with Crippen molar-refractivity contribution in [1.29, 1.82) is 0 Å². The molecule has 5 N–H and O–H groups in total. The highest BCUT2D eigenvalue weighted by atomic mass is 16.5. The van der Waals surface area contributed by atoms with Gasteiger partial charge in [-0.25, -0.2) is 0 Å². The van der Waals surface area contributed by atoms with Crippen molar-refractivity contribution in [3.63, 3.8) is 0 Å². The summed E-state index contributed by atoms with van der Waals surface area (Å²) in [5.74, 6) is -11.0. The number of carbonyl (C=O) groups excluding carboxylic acids is 6. The summed E-state index contributed by atoms with van der Waals surface area (Å²) < 4.78 is 5.54. The van der Waals surface area contributed by atoms with Crippen molar-refractivity contribution in [2.75, 3.05) is 21.2 Å². The highest BCUT2D eigenvalue weighted by molar-refractivity contribution is 6.32. The third-order valence-electron chi connectivity index (χ3n) is 9.16. The predicted molar refractivity (Wildman–Crippen MR) is 149 cm³/mol. The van der Waals surface area contributed by atoms with Crippen LogP contribution >= 0.6 is 0 Å². The fraction of sp³-hybridized carbons (Fsp3) is 0.419. The van der Waals surface area contributed by atoms with Gasteiger partial charge in [0.25, 0.3) is 0 Å². The Morgan fingerprint density at radius 1 is 1.14 bits per heavy atom. The molecule has 0 spiro atoms. The minimum Gasteiger partial charge on any atom is -0.507 e. The van der Waals surface area contributed by atoms with Crippen molar-refractivity contribution in [3.8, 4) is 22.6 Å². The van der Waals surface area contributed by atoms with Crippen molar-refractivity contribution < 1.29 is 48.8 Å². The molecule has 2 aromatic carbocycles. The molecule has 12 heteroatoms. The standard InChI is InChI=1S/C31H32N2O10/c1-33(2)25-18-12-14-11-17-15(16-10-13(19(35)8-9-34)4-7-21(16)43-3)5-6-20(36)23(17)26(37)22(14)28(39)31(18,42)29(40)24(27(25)38)30(32)41/h4-7,9-10,14,18-19,22,24-25,35-36,42H,8,11-12H2,1-3H3,(H2,32,41)/t14-,18-,19?,22?,24?,25-,31-/m1/s1. The molecule has 3 unspecified atom stereocenters. The lowest BCUT2D eigenvalue weighted by atomic mass is 9.52. The number of hydrogen-bond acceptors (Lipinski definition) is 11. The van der Waals surface area contributed by atoms with Crippen molar-refractivity contribution in [3.05, 3.63) is 47.0 Å². The number of ketones is 4. The summed E-state index contributed by atoms with van der Waals surface area (Å²) in [6, 6.07) is 6.46. The smallest absolute Gasteiger partial charge is 0.235 e. The number of Topliss-reactive ketones (excluding diaryl/α,β-unsaturated/α-hetero) is 4. The van der Waals surface area contributed by atoms with Crippen molar-refractivity contribution in [2.45, 2.75) is 37.0 Å². The van der Waals surface area contributed by atoms with E-state index in [0.29, 0.717) is 34.3 Å². The minimum absolute atomic E-state index is 0.0554. The lowest BCUT2D eigenvalue weighted by molar-refractivity contribution is -0.181. The second-order valence-corrected chi connectivity index (χ2v) is 11.7. The van der Waals surface area contributed by atoms with Gasteiger partial charge >= 0.3 is 0 Å². The first-order valence-electron chi connectivity index (χ1n) is 13.8. The zero-order valence-corrected chi connectivity index (χ0v) is 23.8. The van der Waals surface area contributed by atoms with Gasteiger partial charge in [-0.1, -0.05) is 12.1 Å². The molecule has 43 heavy (non-hydrogen) atoms. The number of carbonyl (C=O) groups is 6. The number of phenolic OH excluding ortho intramolecular Hbond substituents is 1. The number of aldehydes is 1. The maximum absolute atomic E-state index is 14.0. The molecule has 0 aliphatic heterocycles. The van der Waals surface area contributed by atoms with Gasteiger partial charge in [0, 0.05) is 17.9 Å². The van der Waals surface area contributed by atoms with Crippen LogP contribution in [0.1, 0.15) is 40.4 Å². The monoisotopic (exact) mass is 592 g/mol. The topological polar surface area (TPSA) is 202 Å². The van der Waals surface area contributed by atoms with Crippen LogP contribution in [0.2, 0.25) is 0 Å². The Kier molecular flexibility index (Phi) is 7.57. The maximum Gasteiger partial charge on any atom is 0.235 e. The molecule has 12 nitrogen and oxygen atoms in total. The van der Waals surface area contributed by atoms with Crippen molar-refractivity contribution in [2.24, 2.45) is 29.4 Å². The molecule has 3 aliphatic carbocycles. The molecule has 0 radical (unpaired) electrons. The number of primary amides is 1. The number of phenols is 1. The van der Waals surface area contributed by atoms with E-state index in [9.17, 15) is 44.1 Å². The van der Waals surface area contributed by atoms with Gasteiger partial charge in [0.15, 0.2) is 34.7 Å². The number of methoxy groups -OCH3 is 1. The molecule has 0 heterocycles. The molecule has 2 fully saturated rings. The van der Waals surface area contributed by atoms with Gasteiger partial charge in [0.05, 0.1) is 30.7 Å². The predicted octanol–water partition coefficient (Wildman–Crippen LogP) is 0.165. The van der Waals surface area contributed by atoms with Crippen LogP contribution < -0.4 is 10.5 Å². The lowest BCUT2D eigenvalue weighted by Crippen LogP contribution is -2.74. The minimum atomic E-state index is -2.81.